The number of hydrogen-bond acceptors (Lipinski definition) is 2. The molecule has 0 unspecified atom stereocenters. The van der Waals surface area contributed by atoms with Crippen LogP contribution in [0.1, 0.15) is 11.1 Å². The zero-order valence-corrected chi connectivity index (χ0v) is 11.7. The molecule has 0 saturated heterocycles. The van der Waals surface area contributed by atoms with Gasteiger partial charge in [0.15, 0.2) is 0 Å². The second-order valence-corrected chi connectivity index (χ2v) is 5.11. The highest BCUT2D eigenvalue weighted by molar-refractivity contribution is 9.10. The molecule has 106 valence electrons. The molecule has 0 atom stereocenters. The van der Waals surface area contributed by atoms with Gasteiger partial charge in [0.1, 0.15) is 0 Å². The highest BCUT2D eigenvalue weighted by Crippen LogP contribution is 2.29. The van der Waals surface area contributed by atoms with E-state index in [1.54, 1.807) is 4.57 Å². The van der Waals surface area contributed by atoms with Crippen molar-refractivity contribution >= 4 is 21.6 Å². The molecule has 0 aliphatic carbocycles. The van der Waals surface area contributed by atoms with Crippen LogP contribution in [-0.4, -0.2) is 4.57 Å². The molecule has 7 heteroatoms. The summed E-state index contributed by atoms with van der Waals surface area (Å²) in [5, 5.41) is 0. The molecule has 0 aliphatic rings. The Morgan fingerprint density at radius 2 is 1.75 bits per heavy atom. The van der Waals surface area contributed by atoms with Crippen molar-refractivity contribution in [2.75, 3.05) is 5.73 Å². The summed E-state index contributed by atoms with van der Waals surface area (Å²) in [7, 11) is 0. The first-order valence-corrected chi connectivity index (χ1v) is 6.38. The molecule has 0 aliphatic heterocycles. The Balaban J connectivity index is 2.25. The molecule has 0 amide bonds. The third-order valence-corrected chi connectivity index (χ3v) is 3.27. The monoisotopic (exact) mass is 346 g/mol. The molecule has 20 heavy (non-hydrogen) atoms. The van der Waals surface area contributed by atoms with Crippen LogP contribution in [0.2, 0.25) is 0 Å². The third kappa shape index (κ3) is 3.22. The molecule has 1 aromatic heterocycles. The smallest absolute Gasteiger partial charge is 0.394 e. The van der Waals surface area contributed by atoms with Crippen LogP contribution in [0, 0.1) is 0 Å². The molecule has 2 aromatic rings. The summed E-state index contributed by atoms with van der Waals surface area (Å²) in [6.45, 7) is 0.321. The van der Waals surface area contributed by atoms with Crippen LogP contribution >= 0.6 is 15.9 Å². The van der Waals surface area contributed by atoms with E-state index >= 15 is 0 Å². The summed E-state index contributed by atoms with van der Waals surface area (Å²) >= 11 is 3.09. The van der Waals surface area contributed by atoms with Crippen LogP contribution in [-0.2, 0) is 12.7 Å². The summed E-state index contributed by atoms with van der Waals surface area (Å²) in [6.07, 6.45) is -1.36. The minimum absolute atomic E-state index is 0.0753. The number of halogens is 4. The van der Waals surface area contributed by atoms with Gasteiger partial charge in [-0.1, -0.05) is 12.1 Å². The number of benzene rings is 1. The van der Waals surface area contributed by atoms with Crippen molar-refractivity contribution in [3.63, 3.8) is 0 Å². The summed E-state index contributed by atoms with van der Waals surface area (Å²) in [4.78, 5) is 11.4. The first-order chi connectivity index (χ1) is 9.27. The normalized spacial score (nSPS) is 11.6. The number of nitrogens with zero attached hydrogens (tertiary/aromatic N) is 1. The van der Waals surface area contributed by atoms with E-state index in [9.17, 15) is 18.0 Å². The number of aromatic nitrogens is 1. The third-order valence-electron chi connectivity index (χ3n) is 2.71. The Labute approximate surface area is 121 Å². The van der Waals surface area contributed by atoms with Gasteiger partial charge in [0, 0.05) is 18.9 Å². The van der Waals surface area contributed by atoms with E-state index in [0.29, 0.717) is 16.6 Å². The molecule has 0 saturated carbocycles. The number of hydrogen-bond donors (Lipinski definition) is 1. The maximum atomic E-state index is 12.4. The number of pyridine rings is 1. The fourth-order valence-corrected chi connectivity index (χ4v) is 2.21. The van der Waals surface area contributed by atoms with Gasteiger partial charge in [-0.05, 0) is 33.6 Å². The fraction of sp³-hybridized carbons (Fsp3) is 0.154. The van der Waals surface area contributed by atoms with Gasteiger partial charge in [-0.25, -0.2) is 0 Å². The molecule has 3 nitrogen and oxygen atoms in total. The predicted molar refractivity (Wildman–Crippen MR) is 73.4 cm³/mol. The SMILES string of the molecule is Nc1cn(Cc2ccc(C(F)(F)F)cc2)cc(Br)c1=O. The van der Waals surface area contributed by atoms with E-state index in [1.807, 2.05) is 0 Å². The Hall–Kier alpha value is -1.76. The van der Waals surface area contributed by atoms with E-state index in [0.717, 1.165) is 12.1 Å². The van der Waals surface area contributed by atoms with E-state index < -0.39 is 11.7 Å². The Kier molecular flexibility index (Phi) is 3.89. The van der Waals surface area contributed by atoms with Crippen molar-refractivity contribution in [3.8, 4) is 0 Å². The minimum Gasteiger partial charge on any atom is -0.394 e. The molecule has 0 radical (unpaired) electrons. The first-order valence-electron chi connectivity index (χ1n) is 5.58. The number of nitrogen functional groups attached to an aromatic ring is 1. The van der Waals surface area contributed by atoms with E-state index in [4.69, 9.17) is 5.73 Å². The van der Waals surface area contributed by atoms with Gasteiger partial charge in [0.2, 0.25) is 5.43 Å². The molecule has 0 bridgehead atoms. The van der Waals surface area contributed by atoms with E-state index in [1.165, 1.54) is 24.5 Å². The zero-order valence-electron chi connectivity index (χ0n) is 10.1. The van der Waals surface area contributed by atoms with Crippen LogP contribution in [0.3, 0.4) is 0 Å². The van der Waals surface area contributed by atoms with Crippen molar-refractivity contribution in [1.29, 1.82) is 0 Å². The lowest BCUT2D eigenvalue weighted by molar-refractivity contribution is -0.137. The fourth-order valence-electron chi connectivity index (χ4n) is 1.72. The maximum absolute atomic E-state index is 12.4. The van der Waals surface area contributed by atoms with Crippen molar-refractivity contribution in [1.82, 2.24) is 4.57 Å². The van der Waals surface area contributed by atoms with Crippen molar-refractivity contribution in [2.24, 2.45) is 0 Å². The van der Waals surface area contributed by atoms with Gasteiger partial charge in [-0.3, -0.25) is 4.79 Å². The molecule has 0 spiro atoms. The average Bonchev–Trinajstić information content (AvgIpc) is 2.35. The second-order valence-electron chi connectivity index (χ2n) is 4.26. The van der Waals surface area contributed by atoms with Crippen molar-refractivity contribution in [3.05, 3.63) is 62.5 Å². The minimum atomic E-state index is -4.34. The molecule has 1 aromatic carbocycles. The second kappa shape index (κ2) is 5.32. The van der Waals surface area contributed by atoms with Crippen LogP contribution < -0.4 is 11.2 Å². The van der Waals surface area contributed by atoms with Gasteiger partial charge in [-0.15, -0.1) is 0 Å². The Morgan fingerprint density at radius 1 is 1.15 bits per heavy atom. The van der Waals surface area contributed by atoms with Gasteiger partial charge in [0.25, 0.3) is 0 Å². The molecule has 2 N–H and O–H groups in total. The molecular weight excluding hydrogens is 337 g/mol. The lowest BCUT2D eigenvalue weighted by Gasteiger charge is -2.10. The topological polar surface area (TPSA) is 48.0 Å². The molecular formula is C13H10BrF3N2O. The predicted octanol–water partition coefficient (Wildman–Crippen LogP) is 3.26. The number of alkyl halides is 3. The summed E-state index contributed by atoms with van der Waals surface area (Å²) in [5.41, 5.74) is 5.29. The van der Waals surface area contributed by atoms with Gasteiger partial charge < -0.3 is 10.3 Å². The Bertz CT molecular complexity index is 651. The quantitative estimate of drug-likeness (QED) is 0.907. The lowest BCUT2D eigenvalue weighted by Crippen LogP contribution is -2.13. The Morgan fingerprint density at radius 3 is 2.25 bits per heavy atom. The van der Waals surface area contributed by atoms with Crippen LogP contribution in [0.15, 0.2) is 45.9 Å². The summed E-state index contributed by atoms with van der Waals surface area (Å²) in [5.74, 6) is 0. The standard InChI is InChI=1S/C13H10BrF3N2O/c14-10-6-19(7-11(18)12(10)20)5-8-1-3-9(4-2-8)13(15,16)17/h1-4,6-7H,5,18H2. The van der Waals surface area contributed by atoms with Crippen LogP contribution in [0.4, 0.5) is 18.9 Å². The largest absolute Gasteiger partial charge is 0.416 e. The molecule has 0 fully saturated rings. The number of anilines is 1. The van der Waals surface area contributed by atoms with Crippen molar-refractivity contribution < 1.29 is 13.2 Å². The van der Waals surface area contributed by atoms with Gasteiger partial charge in [0.05, 0.1) is 15.7 Å². The van der Waals surface area contributed by atoms with E-state index in [-0.39, 0.29) is 11.1 Å². The van der Waals surface area contributed by atoms with Crippen LogP contribution in [0.5, 0.6) is 0 Å². The molecule has 2 rings (SSSR count). The molecule has 1 heterocycles. The summed E-state index contributed by atoms with van der Waals surface area (Å²) in [6, 6.07) is 4.84. The number of nitrogens with two attached hydrogens (primary N) is 1. The van der Waals surface area contributed by atoms with Gasteiger partial charge in [-0.2, -0.15) is 13.2 Å². The first kappa shape index (κ1) is 14.6. The number of rotatable bonds is 2. The van der Waals surface area contributed by atoms with Crippen LogP contribution in [0.25, 0.3) is 0 Å². The highest BCUT2D eigenvalue weighted by atomic mass is 79.9. The van der Waals surface area contributed by atoms with E-state index in [2.05, 4.69) is 15.9 Å². The summed E-state index contributed by atoms with van der Waals surface area (Å²) < 4.78 is 39.2. The maximum Gasteiger partial charge on any atom is 0.416 e. The lowest BCUT2D eigenvalue weighted by atomic mass is 10.1. The highest BCUT2D eigenvalue weighted by Gasteiger charge is 2.29. The van der Waals surface area contributed by atoms with Gasteiger partial charge >= 0.3 is 6.18 Å². The average molecular weight is 347 g/mol. The zero-order chi connectivity index (χ0) is 14.9. The van der Waals surface area contributed by atoms with Crippen molar-refractivity contribution in [2.45, 2.75) is 12.7 Å².